The molecule has 2 aromatic heterocycles. The quantitative estimate of drug-likeness (QED) is 0.809. The molecule has 0 saturated carbocycles. The van der Waals surface area contributed by atoms with Gasteiger partial charge in [-0.05, 0) is 12.1 Å². The van der Waals surface area contributed by atoms with Gasteiger partial charge in [-0.1, -0.05) is 11.6 Å². The van der Waals surface area contributed by atoms with E-state index < -0.39 is 0 Å². The molecule has 6 heteroatoms. The number of pyridine rings is 1. The molecule has 0 aromatic carbocycles. The molecule has 0 fully saturated rings. The van der Waals surface area contributed by atoms with E-state index in [4.69, 9.17) is 11.6 Å². The zero-order valence-electron chi connectivity index (χ0n) is 9.72. The van der Waals surface area contributed by atoms with Crippen LogP contribution < -0.4 is 0 Å². The number of ether oxygens (including phenoxy) is 1. The van der Waals surface area contributed by atoms with Crippen LogP contribution in [0.25, 0.3) is 10.7 Å². The van der Waals surface area contributed by atoms with Crippen LogP contribution in [0.3, 0.4) is 0 Å². The van der Waals surface area contributed by atoms with E-state index in [1.807, 2.05) is 11.4 Å². The highest BCUT2D eigenvalue weighted by molar-refractivity contribution is 7.13. The smallest absolute Gasteiger partial charge is 0.305 e. The highest BCUT2D eigenvalue weighted by Gasteiger charge is 2.08. The van der Waals surface area contributed by atoms with Crippen molar-refractivity contribution in [3.8, 4) is 10.7 Å². The van der Waals surface area contributed by atoms with E-state index in [2.05, 4.69) is 14.7 Å². The standard InChI is InChI=1S/C12H11ClN2O2S/c1-17-11(16)5-3-9-7-18-12(15-9)10-4-2-8(13)6-14-10/h2,4,6-7H,3,5H2,1H3. The lowest BCUT2D eigenvalue weighted by atomic mass is 10.2. The Morgan fingerprint density at radius 2 is 2.33 bits per heavy atom. The number of thiazole rings is 1. The summed E-state index contributed by atoms with van der Waals surface area (Å²) in [5.74, 6) is -0.228. The number of hydrogen-bond donors (Lipinski definition) is 0. The molecular formula is C12H11ClN2O2S. The summed E-state index contributed by atoms with van der Waals surface area (Å²) in [6, 6.07) is 3.60. The van der Waals surface area contributed by atoms with Crippen molar-refractivity contribution < 1.29 is 9.53 Å². The average Bonchev–Trinajstić information content (AvgIpc) is 2.85. The van der Waals surface area contributed by atoms with Crippen LogP contribution in [0.2, 0.25) is 5.02 Å². The summed E-state index contributed by atoms with van der Waals surface area (Å²) < 4.78 is 4.59. The lowest BCUT2D eigenvalue weighted by molar-refractivity contribution is -0.140. The highest BCUT2D eigenvalue weighted by Crippen LogP contribution is 2.23. The number of esters is 1. The van der Waals surface area contributed by atoms with E-state index >= 15 is 0 Å². The Labute approximate surface area is 114 Å². The van der Waals surface area contributed by atoms with E-state index in [-0.39, 0.29) is 5.97 Å². The van der Waals surface area contributed by atoms with Crippen LogP contribution in [-0.4, -0.2) is 23.0 Å². The first kappa shape index (κ1) is 13.0. The third kappa shape index (κ3) is 3.27. The van der Waals surface area contributed by atoms with Gasteiger partial charge in [-0.2, -0.15) is 0 Å². The number of nitrogens with zero attached hydrogens (tertiary/aromatic N) is 2. The van der Waals surface area contributed by atoms with Crippen LogP contribution in [0.15, 0.2) is 23.7 Å². The van der Waals surface area contributed by atoms with Crippen molar-refractivity contribution in [3.05, 3.63) is 34.4 Å². The van der Waals surface area contributed by atoms with Crippen molar-refractivity contribution in [1.82, 2.24) is 9.97 Å². The Bertz CT molecular complexity index is 539. The predicted molar refractivity (Wildman–Crippen MR) is 70.7 cm³/mol. The molecule has 0 aliphatic rings. The monoisotopic (exact) mass is 282 g/mol. The van der Waals surface area contributed by atoms with Gasteiger partial charge in [-0.25, -0.2) is 4.98 Å². The summed E-state index contributed by atoms with van der Waals surface area (Å²) in [4.78, 5) is 19.6. The van der Waals surface area contributed by atoms with Crippen LogP contribution in [0.4, 0.5) is 0 Å². The molecule has 0 bridgehead atoms. The van der Waals surface area contributed by atoms with Crippen molar-refractivity contribution in [2.24, 2.45) is 0 Å². The van der Waals surface area contributed by atoms with Crippen LogP contribution in [0, 0.1) is 0 Å². The molecule has 94 valence electrons. The SMILES string of the molecule is COC(=O)CCc1csc(-c2ccc(Cl)cn2)n1. The molecule has 0 atom stereocenters. The summed E-state index contributed by atoms with van der Waals surface area (Å²) in [5, 5.41) is 3.35. The van der Waals surface area contributed by atoms with Crippen LogP contribution in [0.5, 0.6) is 0 Å². The molecule has 0 aliphatic heterocycles. The molecule has 0 saturated heterocycles. The molecule has 0 amide bonds. The fourth-order valence-corrected chi connectivity index (χ4v) is 2.32. The van der Waals surface area contributed by atoms with E-state index in [0.29, 0.717) is 17.9 Å². The molecule has 0 unspecified atom stereocenters. The molecule has 2 heterocycles. The Balaban J connectivity index is 2.06. The normalized spacial score (nSPS) is 10.3. The number of hydrogen-bond acceptors (Lipinski definition) is 5. The lowest BCUT2D eigenvalue weighted by Gasteiger charge is -1.96. The zero-order valence-corrected chi connectivity index (χ0v) is 11.3. The summed E-state index contributed by atoms with van der Waals surface area (Å²) in [7, 11) is 1.38. The van der Waals surface area contributed by atoms with Gasteiger partial charge >= 0.3 is 5.97 Å². The van der Waals surface area contributed by atoms with Gasteiger partial charge in [0.2, 0.25) is 0 Å². The first-order valence-corrected chi connectivity index (χ1v) is 6.58. The van der Waals surface area contributed by atoms with Gasteiger partial charge in [0.15, 0.2) is 0 Å². The zero-order chi connectivity index (χ0) is 13.0. The number of aryl methyl sites for hydroxylation is 1. The molecule has 0 aliphatic carbocycles. The minimum absolute atomic E-state index is 0.228. The second kappa shape index (κ2) is 5.93. The average molecular weight is 283 g/mol. The topological polar surface area (TPSA) is 52.1 Å². The first-order chi connectivity index (χ1) is 8.69. The molecule has 0 spiro atoms. The lowest BCUT2D eigenvalue weighted by Crippen LogP contribution is -2.01. The highest BCUT2D eigenvalue weighted by atomic mass is 35.5. The summed E-state index contributed by atoms with van der Waals surface area (Å²) >= 11 is 7.27. The van der Waals surface area contributed by atoms with Crippen molar-refractivity contribution in [3.63, 3.8) is 0 Å². The van der Waals surface area contributed by atoms with Gasteiger partial charge in [0.1, 0.15) is 5.01 Å². The Morgan fingerprint density at radius 3 is 3.00 bits per heavy atom. The maximum atomic E-state index is 11.0. The Hall–Kier alpha value is -1.46. The van der Waals surface area contributed by atoms with Crippen molar-refractivity contribution in [2.75, 3.05) is 7.11 Å². The number of halogens is 1. The van der Waals surface area contributed by atoms with Gasteiger partial charge in [0.25, 0.3) is 0 Å². The second-order valence-corrected chi connectivity index (χ2v) is 4.88. The number of methoxy groups -OCH3 is 1. The fourth-order valence-electron chi connectivity index (χ4n) is 1.37. The molecule has 2 aromatic rings. The number of carbonyl (C=O) groups is 1. The molecular weight excluding hydrogens is 272 g/mol. The van der Waals surface area contributed by atoms with Gasteiger partial charge in [0.05, 0.1) is 29.9 Å². The second-order valence-electron chi connectivity index (χ2n) is 3.58. The van der Waals surface area contributed by atoms with Gasteiger partial charge in [-0.3, -0.25) is 9.78 Å². The summed E-state index contributed by atoms with van der Waals surface area (Å²) in [5.41, 5.74) is 1.66. The Morgan fingerprint density at radius 1 is 1.50 bits per heavy atom. The minimum Gasteiger partial charge on any atom is -0.469 e. The van der Waals surface area contributed by atoms with Crippen LogP contribution in [-0.2, 0) is 16.0 Å². The maximum absolute atomic E-state index is 11.0. The van der Waals surface area contributed by atoms with Gasteiger partial charge in [0, 0.05) is 18.0 Å². The maximum Gasteiger partial charge on any atom is 0.305 e. The first-order valence-electron chi connectivity index (χ1n) is 5.32. The van der Waals surface area contributed by atoms with Crippen molar-refractivity contribution in [1.29, 1.82) is 0 Å². The molecule has 0 radical (unpaired) electrons. The van der Waals surface area contributed by atoms with Crippen LogP contribution >= 0.6 is 22.9 Å². The molecule has 2 rings (SSSR count). The minimum atomic E-state index is -0.228. The molecule has 18 heavy (non-hydrogen) atoms. The van der Waals surface area contributed by atoms with Gasteiger partial charge in [-0.15, -0.1) is 11.3 Å². The number of aromatic nitrogens is 2. The molecule has 4 nitrogen and oxygen atoms in total. The largest absolute Gasteiger partial charge is 0.469 e. The summed E-state index contributed by atoms with van der Waals surface area (Å²) in [6.07, 6.45) is 2.51. The van der Waals surface area contributed by atoms with Gasteiger partial charge < -0.3 is 4.74 Å². The van der Waals surface area contributed by atoms with E-state index in [9.17, 15) is 4.79 Å². The Kier molecular flexibility index (Phi) is 4.28. The third-order valence-electron chi connectivity index (χ3n) is 2.31. The number of rotatable bonds is 4. The van der Waals surface area contributed by atoms with Crippen LogP contribution in [0.1, 0.15) is 12.1 Å². The van der Waals surface area contributed by atoms with Crippen molar-refractivity contribution >= 4 is 28.9 Å². The summed E-state index contributed by atoms with van der Waals surface area (Å²) in [6.45, 7) is 0. The number of carbonyl (C=O) groups excluding carboxylic acids is 1. The van der Waals surface area contributed by atoms with Crippen molar-refractivity contribution in [2.45, 2.75) is 12.8 Å². The third-order valence-corrected chi connectivity index (χ3v) is 3.45. The van der Waals surface area contributed by atoms with E-state index in [0.717, 1.165) is 16.4 Å². The predicted octanol–water partition coefficient (Wildman–Crippen LogP) is 2.96. The van der Waals surface area contributed by atoms with E-state index in [1.165, 1.54) is 18.4 Å². The van der Waals surface area contributed by atoms with E-state index in [1.54, 1.807) is 12.3 Å². The fraction of sp³-hybridized carbons (Fsp3) is 0.250. The molecule has 0 N–H and O–H groups in total.